The van der Waals surface area contributed by atoms with Crippen molar-refractivity contribution in [3.05, 3.63) is 64.7 Å². The summed E-state index contributed by atoms with van der Waals surface area (Å²) >= 11 is 5.70. The zero-order valence-electron chi connectivity index (χ0n) is 15.6. The Morgan fingerprint density at radius 2 is 1.83 bits per heavy atom. The number of aromatic nitrogens is 3. The van der Waals surface area contributed by atoms with Gasteiger partial charge in [-0.25, -0.2) is 9.07 Å². The standard InChI is InChI=1S/C19H17ClFN5O3/c1-11-18(19(28)23-12-3-6-14(29-2)7-4-12)24-25-26(11)10-17(27)22-13-5-8-16(21)15(20)9-13/h3-9H,10H2,1-2H3,(H,22,27)(H,23,28). The van der Waals surface area contributed by atoms with E-state index in [2.05, 4.69) is 20.9 Å². The van der Waals surface area contributed by atoms with Crippen LogP contribution in [0.1, 0.15) is 16.2 Å². The van der Waals surface area contributed by atoms with Gasteiger partial charge in [-0.15, -0.1) is 5.10 Å². The van der Waals surface area contributed by atoms with E-state index in [1.165, 1.54) is 16.8 Å². The number of nitrogens with one attached hydrogen (secondary N) is 2. The van der Waals surface area contributed by atoms with Crippen molar-refractivity contribution in [1.82, 2.24) is 15.0 Å². The van der Waals surface area contributed by atoms with Crippen molar-refractivity contribution < 1.29 is 18.7 Å². The molecule has 0 saturated carbocycles. The van der Waals surface area contributed by atoms with Crippen molar-refractivity contribution in [2.75, 3.05) is 17.7 Å². The summed E-state index contributed by atoms with van der Waals surface area (Å²) in [7, 11) is 1.55. The van der Waals surface area contributed by atoms with Gasteiger partial charge < -0.3 is 15.4 Å². The third-order valence-corrected chi connectivity index (χ3v) is 4.33. The lowest BCUT2D eigenvalue weighted by Crippen LogP contribution is -2.21. The molecule has 29 heavy (non-hydrogen) atoms. The minimum absolute atomic E-state index is 0.0958. The number of carbonyl (C=O) groups is 2. The number of benzene rings is 2. The largest absolute Gasteiger partial charge is 0.497 e. The lowest BCUT2D eigenvalue weighted by atomic mass is 10.2. The molecule has 10 heteroatoms. The molecule has 2 amide bonds. The molecule has 2 aromatic carbocycles. The smallest absolute Gasteiger partial charge is 0.278 e. The highest BCUT2D eigenvalue weighted by atomic mass is 35.5. The Kier molecular flexibility index (Phi) is 6.08. The van der Waals surface area contributed by atoms with Crippen LogP contribution in [0.25, 0.3) is 0 Å². The van der Waals surface area contributed by atoms with E-state index in [1.54, 1.807) is 38.3 Å². The van der Waals surface area contributed by atoms with Gasteiger partial charge in [0.25, 0.3) is 5.91 Å². The molecule has 3 aromatic rings. The van der Waals surface area contributed by atoms with Crippen LogP contribution in [0, 0.1) is 12.7 Å². The number of rotatable bonds is 6. The molecule has 0 aliphatic carbocycles. The molecule has 150 valence electrons. The number of carbonyl (C=O) groups excluding carboxylic acids is 2. The van der Waals surface area contributed by atoms with Crippen molar-refractivity contribution in [3.63, 3.8) is 0 Å². The number of hydrogen-bond donors (Lipinski definition) is 2. The zero-order valence-corrected chi connectivity index (χ0v) is 16.3. The van der Waals surface area contributed by atoms with Crippen LogP contribution < -0.4 is 15.4 Å². The molecule has 0 fully saturated rings. The van der Waals surface area contributed by atoms with Crippen LogP contribution in [0.4, 0.5) is 15.8 Å². The first-order valence-electron chi connectivity index (χ1n) is 8.47. The summed E-state index contributed by atoms with van der Waals surface area (Å²) in [5.74, 6) is -0.796. The highest BCUT2D eigenvalue weighted by Gasteiger charge is 2.18. The maximum absolute atomic E-state index is 13.2. The van der Waals surface area contributed by atoms with Crippen LogP contribution in [0.3, 0.4) is 0 Å². The van der Waals surface area contributed by atoms with Gasteiger partial charge in [-0.2, -0.15) is 0 Å². The van der Waals surface area contributed by atoms with Crippen LogP contribution in [0.2, 0.25) is 5.02 Å². The first-order valence-corrected chi connectivity index (χ1v) is 8.85. The van der Waals surface area contributed by atoms with E-state index in [0.29, 0.717) is 22.8 Å². The van der Waals surface area contributed by atoms with Crippen molar-refractivity contribution >= 4 is 34.8 Å². The Balaban J connectivity index is 1.65. The average Bonchev–Trinajstić information content (AvgIpc) is 3.05. The molecule has 0 bridgehead atoms. The summed E-state index contributed by atoms with van der Waals surface area (Å²) in [5, 5.41) is 12.9. The minimum Gasteiger partial charge on any atom is -0.497 e. The van der Waals surface area contributed by atoms with E-state index < -0.39 is 17.6 Å². The zero-order chi connectivity index (χ0) is 21.0. The lowest BCUT2D eigenvalue weighted by Gasteiger charge is -2.07. The van der Waals surface area contributed by atoms with Gasteiger partial charge >= 0.3 is 0 Å². The van der Waals surface area contributed by atoms with E-state index in [9.17, 15) is 14.0 Å². The second-order valence-electron chi connectivity index (χ2n) is 6.04. The summed E-state index contributed by atoms with van der Waals surface area (Å²) < 4.78 is 19.6. The van der Waals surface area contributed by atoms with E-state index in [0.717, 1.165) is 6.07 Å². The first kappa shape index (κ1) is 20.3. The monoisotopic (exact) mass is 417 g/mol. The highest BCUT2D eigenvalue weighted by molar-refractivity contribution is 6.31. The number of anilines is 2. The van der Waals surface area contributed by atoms with Crippen LogP contribution in [-0.2, 0) is 11.3 Å². The van der Waals surface area contributed by atoms with Crippen molar-refractivity contribution in [3.8, 4) is 5.75 Å². The predicted octanol–water partition coefficient (Wildman–Crippen LogP) is 3.28. The van der Waals surface area contributed by atoms with Gasteiger partial charge in [-0.1, -0.05) is 16.8 Å². The van der Waals surface area contributed by atoms with Crippen LogP contribution >= 0.6 is 11.6 Å². The average molecular weight is 418 g/mol. The summed E-state index contributed by atoms with van der Waals surface area (Å²) in [6, 6.07) is 10.7. The first-order chi connectivity index (χ1) is 13.9. The van der Waals surface area contributed by atoms with Gasteiger partial charge in [-0.3, -0.25) is 9.59 Å². The number of hydrogen-bond acceptors (Lipinski definition) is 5. The molecular weight excluding hydrogens is 401 g/mol. The number of nitrogens with zero attached hydrogens (tertiary/aromatic N) is 3. The van der Waals surface area contributed by atoms with E-state index in [1.807, 2.05) is 0 Å². The quantitative estimate of drug-likeness (QED) is 0.641. The molecular formula is C19H17ClFN5O3. The lowest BCUT2D eigenvalue weighted by molar-refractivity contribution is -0.117. The molecule has 2 N–H and O–H groups in total. The van der Waals surface area contributed by atoms with Crippen LogP contribution in [-0.4, -0.2) is 33.9 Å². The maximum atomic E-state index is 13.2. The minimum atomic E-state index is -0.579. The molecule has 0 atom stereocenters. The van der Waals surface area contributed by atoms with Crippen molar-refractivity contribution in [2.24, 2.45) is 0 Å². The van der Waals surface area contributed by atoms with Crippen molar-refractivity contribution in [2.45, 2.75) is 13.5 Å². The molecule has 8 nitrogen and oxygen atoms in total. The fourth-order valence-corrected chi connectivity index (χ4v) is 2.68. The summed E-state index contributed by atoms with van der Waals surface area (Å²) in [4.78, 5) is 24.7. The number of ether oxygens (including phenoxy) is 1. The Labute approximate surface area is 170 Å². The Bertz CT molecular complexity index is 1050. The van der Waals surface area contributed by atoms with Gasteiger partial charge in [0.05, 0.1) is 17.8 Å². The molecule has 0 radical (unpaired) electrons. The summed E-state index contributed by atoms with van der Waals surface area (Å²) in [6.45, 7) is 1.45. The number of methoxy groups -OCH3 is 1. The van der Waals surface area contributed by atoms with E-state index >= 15 is 0 Å². The van der Waals surface area contributed by atoms with Gasteiger partial charge in [-0.05, 0) is 49.4 Å². The highest BCUT2D eigenvalue weighted by Crippen LogP contribution is 2.19. The Morgan fingerprint density at radius 1 is 1.14 bits per heavy atom. The van der Waals surface area contributed by atoms with Crippen LogP contribution in [0.15, 0.2) is 42.5 Å². The number of amides is 2. The molecule has 3 rings (SSSR count). The van der Waals surface area contributed by atoms with E-state index in [4.69, 9.17) is 16.3 Å². The Hall–Kier alpha value is -3.46. The molecule has 1 heterocycles. The fraction of sp³-hybridized carbons (Fsp3) is 0.158. The topological polar surface area (TPSA) is 98.1 Å². The second-order valence-corrected chi connectivity index (χ2v) is 6.45. The maximum Gasteiger partial charge on any atom is 0.278 e. The SMILES string of the molecule is COc1ccc(NC(=O)c2nnn(CC(=O)Nc3ccc(F)c(Cl)c3)c2C)cc1. The van der Waals surface area contributed by atoms with Gasteiger partial charge in [0.15, 0.2) is 5.69 Å². The second kappa shape index (κ2) is 8.70. The fourth-order valence-electron chi connectivity index (χ4n) is 2.50. The van der Waals surface area contributed by atoms with Gasteiger partial charge in [0.2, 0.25) is 5.91 Å². The third kappa shape index (κ3) is 4.88. The normalized spacial score (nSPS) is 10.5. The molecule has 0 aliphatic rings. The summed E-state index contributed by atoms with van der Waals surface area (Å²) in [5.41, 5.74) is 1.43. The van der Waals surface area contributed by atoms with Gasteiger partial charge in [0, 0.05) is 11.4 Å². The van der Waals surface area contributed by atoms with Gasteiger partial charge in [0.1, 0.15) is 18.1 Å². The third-order valence-electron chi connectivity index (χ3n) is 4.04. The predicted molar refractivity (Wildman–Crippen MR) is 106 cm³/mol. The Morgan fingerprint density at radius 3 is 2.48 bits per heavy atom. The molecule has 1 aromatic heterocycles. The molecule has 0 aliphatic heterocycles. The van der Waals surface area contributed by atoms with Crippen LogP contribution in [0.5, 0.6) is 5.75 Å². The van der Waals surface area contributed by atoms with Crippen molar-refractivity contribution in [1.29, 1.82) is 0 Å². The molecule has 0 unspecified atom stereocenters. The summed E-state index contributed by atoms with van der Waals surface area (Å²) in [6.07, 6.45) is 0. The molecule has 0 spiro atoms. The number of halogens is 2. The molecule has 0 saturated heterocycles. The van der Waals surface area contributed by atoms with E-state index in [-0.39, 0.29) is 17.3 Å².